The first-order valence-electron chi connectivity index (χ1n) is 10.4. The monoisotopic (exact) mass is 405 g/mol. The van der Waals surface area contributed by atoms with Crippen LogP contribution < -0.4 is 4.74 Å². The van der Waals surface area contributed by atoms with Crippen molar-refractivity contribution in [3.63, 3.8) is 0 Å². The Morgan fingerprint density at radius 3 is 2.10 bits per heavy atom. The minimum absolute atomic E-state index is 0.156. The predicted molar refractivity (Wildman–Crippen MR) is 126 cm³/mol. The lowest BCUT2D eigenvalue weighted by atomic mass is 9.98. The van der Waals surface area contributed by atoms with Gasteiger partial charge in [-0.2, -0.15) is 0 Å². The molecule has 0 atom stereocenters. The third-order valence-electron chi connectivity index (χ3n) is 5.75. The summed E-state index contributed by atoms with van der Waals surface area (Å²) in [6.45, 7) is 0.156. The summed E-state index contributed by atoms with van der Waals surface area (Å²) in [5.74, 6) is 0.851. The van der Waals surface area contributed by atoms with Gasteiger partial charge in [0, 0.05) is 17.7 Å². The molecular weight excluding hydrogens is 382 g/mol. The lowest BCUT2D eigenvalue weighted by molar-refractivity contribution is 0.299. The number of hydrogen-bond donors (Lipinski definition) is 1. The van der Waals surface area contributed by atoms with E-state index in [1.54, 1.807) is 7.11 Å². The number of aliphatic hydroxyl groups is 1. The van der Waals surface area contributed by atoms with Crippen molar-refractivity contribution in [3.8, 4) is 28.0 Å². The zero-order valence-electron chi connectivity index (χ0n) is 17.4. The first kappa shape index (κ1) is 19.3. The van der Waals surface area contributed by atoms with Gasteiger partial charge in [0.25, 0.3) is 0 Å². The van der Waals surface area contributed by atoms with E-state index < -0.39 is 0 Å². The van der Waals surface area contributed by atoms with Gasteiger partial charge in [0.1, 0.15) is 5.75 Å². The van der Waals surface area contributed by atoms with Crippen molar-refractivity contribution in [2.45, 2.75) is 6.42 Å². The molecule has 0 aromatic heterocycles. The molecule has 0 fully saturated rings. The molecule has 5 rings (SSSR count). The molecular formula is C28H23NO2. The van der Waals surface area contributed by atoms with E-state index in [0.717, 1.165) is 45.0 Å². The zero-order valence-corrected chi connectivity index (χ0v) is 17.4. The van der Waals surface area contributed by atoms with Crippen molar-refractivity contribution in [3.05, 3.63) is 108 Å². The van der Waals surface area contributed by atoms with E-state index >= 15 is 0 Å². The standard InChI is InChI=1S/C28H23NO2/c1-31-23-13-8-20(9-14-23)21-10-15-25-24-4-2-3-5-26(24)28(27(25)18-21)29-22-11-6-19(7-12-22)16-17-30/h2-15,18,30H,16-17H2,1H3. The Kier molecular flexibility index (Phi) is 5.11. The summed E-state index contributed by atoms with van der Waals surface area (Å²) in [4.78, 5) is 5.04. The number of hydrogen-bond acceptors (Lipinski definition) is 3. The van der Waals surface area contributed by atoms with Crippen LogP contribution in [-0.2, 0) is 6.42 Å². The summed E-state index contributed by atoms with van der Waals surface area (Å²) >= 11 is 0. The minimum atomic E-state index is 0.156. The lowest BCUT2D eigenvalue weighted by Crippen LogP contribution is -1.98. The van der Waals surface area contributed by atoms with Crippen LogP contribution in [0.4, 0.5) is 5.69 Å². The molecule has 31 heavy (non-hydrogen) atoms. The smallest absolute Gasteiger partial charge is 0.118 e. The molecule has 1 N–H and O–H groups in total. The lowest BCUT2D eigenvalue weighted by Gasteiger charge is -2.08. The summed E-state index contributed by atoms with van der Waals surface area (Å²) < 4.78 is 5.30. The predicted octanol–water partition coefficient (Wildman–Crippen LogP) is 6.05. The van der Waals surface area contributed by atoms with Gasteiger partial charge in [-0.05, 0) is 64.6 Å². The zero-order chi connectivity index (χ0) is 21.2. The highest BCUT2D eigenvalue weighted by Gasteiger charge is 2.25. The third kappa shape index (κ3) is 3.65. The molecule has 1 aliphatic rings. The molecule has 4 aromatic carbocycles. The molecule has 0 amide bonds. The van der Waals surface area contributed by atoms with Crippen LogP contribution in [0.5, 0.6) is 5.75 Å². The Hall–Kier alpha value is -3.69. The second kappa shape index (κ2) is 8.21. The fraction of sp³-hybridized carbons (Fsp3) is 0.107. The normalized spacial score (nSPS) is 13.2. The minimum Gasteiger partial charge on any atom is -0.497 e. The van der Waals surface area contributed by atoms with Gasteiger partial charge in [-0.25, -0.2) is 4.99 Å². The molecule has 3 nitrogen and oxygen atoms in total. The topological polar surface area (TPSA) is 41.8 Å². The number of nitrogens with zero attached hydrogens (tertiary/aromatic N) is 1. The molecule has 0 heterocycles. The Morgan fingerprint density at radius 2 is 1.39 bits per heavy atom. The average Bonchev–Trinajstić information content (AvgIpc) is 3.13. The van der Waals surface area contributed by atoms with Gasteiger partial charge in [0.05, 0.1) is 18.5 Å². The van der Waals surface area contributed by atoms with E-state index in [1.165, 1.54) is 11.1 Å². The largest absolute Gasteiger partial charge is 0.497 e. The first-order valence-corrected chi connectivity index (χ1v) is 10.4. The van der Waals surface area contributed by atoms with E-state index in [0.29, 0.717) is 6.42 Å². The highest BCUT2D eigenvalue weighted by molar-refractivity contribution is 6.25. The maximum atomic E-state index is 9.15. The Bertz CT molecular complexity index is 1260. The first-order chi connectivity index (χ1) is 15.3. The van der Waals surface area contributed by atoms with Crippen molar-refractivity contribution in [2.24, 2.45) is 4.99 Å². The van der Waals surface area contributed by atoms with Crippen LogP contribution in [0.25, 0.3) is 22.3 Å². The van der Waals surface area contributed by atoms with Gasteiger partial charge in [0.2, 0.25) is 0 Å². The fourth-order valence-corrected chi connectivity index (χ4v) is 4.12. The molecule has 0 radical (unpaired) electrons. The van der Waals surface area contributed by atoms with Gasteiger partial charge in [-0.3, -0.25) is 0 Å². The average molecular weight is 405 g/mol. The fourth-order valence-electron chi connectivity index (χ4n) is 4.12. The molecule has 4 aromatic rings. The number of fused-ring (bicyclic) bond motifs is 3. The van der Waals surface area contributed by atoms with Crippen molar-refractivity contribution >= 4 is 11.4 Å². The van der Waals surface area contributed by atoms with E-state index in [1.807, 2.05) is 36.4 Å². The van der Waals surface area contributed by atoms with Crippen LogP contribution in [0.1, 0.15) is 16.7 Å². The van der Waals surface area contributed by atoms with E-state index in [-0.39, 0.29) is 6.61 Å². The van der Waals surface area contributed by atoms with Crippen LogP contribution in [-0.4, -0.2) is 24.5 Å². The molecule has 3 heteroatoms. The maximum Gasteiger partial charge on any atom is 0.118 e. The van der Waals surface area contributed by atoms with Gasteiger partial charge in [-0.15, -0.1) is 0 Å². The number of aliphatic imine (C=N–C) groups is 1. The molecule has 0 spiro atoms. The molecule has 0 saturated heterocycles. The molecule has 0 aliphatic heterocycles. The summed E-state index contributed by atoms with van der Waals surface area (Å²) in [5, 5.41) is 9.15. The van der Waals surface area contributed by atoms with Gasteiger partial charge < -0.3 is 9.84 Å². The molecule has 0 unspecified atom stereocenters. The second-order valence-electron chi connectivity index (χ2n) is 7.63. The van der Waals surface area contributed by atoms with E-state index in [2.05, 4.69) is 54.6 Å². The number of methoxy groups -OCH3 is 1. The molecule has 0 saturated carbocycles. The number of benzene rings is 4. The summed E-state index contributed by atoms with van der Waals surface area (Å²) in [6.07, 6.45) is 0.660. The molecule has 1 aliphatic carbocycles. The highest BCUT2D eigenvalue weighted by Crippen LogP contribution is 2.40. The van der Waals surface area contributed by atoms with Gasteiger partial charge in [0.15, 0.2) is 0 Å². The second-order valence-corrected chi connectivity index (χ2v) is 7.63. The Labute approximate surface area is 182 Å². The van der Waals surface area contributed by atoms with Crippen molar-refractivity contribution in [1.29, 1.82) is 0 Å². The van der Waals surface area contributed by atoms with Crippen molar-refractivity contribution in [2.75, 3.05) is 13.7 Å². The number of aliphatic hydroxyl groups excluding tert-OH is 1. The van der Waals surface area contributed by atoms with Crippen LogP contribution in [0.2, 0.25) is 0 Å². The summed E-state index contributed by atoms with van der Waals surface area (Å²) in [6, 6.07) is 31.3. The quantitative estimate of drug-likeness (QED) is 0.387. The van der Waals surface area contributed by atoms with Gasteiger partial charge >= 0.3 is 0 Å². The van der Waals surface area contributed by atoms with Crippen molar-refractivity contribution in [1.82, 2.24) is 0 Å². The van der Waals surface area contributed by atoms with Crippen LogP contribution in [0.15, 0.2) is 96.0 Å². The van der Waals surface area contributed by atoms with Crippen molar-refractivity contribution < 1.29 is 9.84 Å². The van der Waals surface area contributed by atoms with Crippen LogP contribution >= 0.6 is 0 Å². The molecule has 0 bridgehead atoms. The third-order valence-corrected chi connectivity index (χ3v) is 5.75. The SMILES string of the molecule is COc1ccc(-c2ccc3c(c2)C(=Nc2ccc(CCO)cc2)c2ccccc2-3)cc1. The molecule has 152 valence electrons. The van der Waals surface area contributed by atoms with Crippen LogP contribution in [0.3, 0.4) is 0 Å². The highest BCUT2D eigenvalue weighted by atomic mass is 16.5. The summed E-state index contributed by atoms with van der Waals surface area (Å²) in [5.41, 5.74) is 10.0. The Balaban J connectivity index is 1.60. The van der Waals surface area contributed by atoms with Crippen LogP contribution in [0, 0.1) is 0 Å². The van der Waals surface area contributed by atoms with E-state index in [4.69, 9.17) is 14.8 Å². The maximum absolute atomic E-state index is 9.15. The Morgan fingerprint density at radius 1 is 0.710 bits per heavy atom. The van der Waals surface area contributed by atoms with Gasteiger partial charge in [-0.1, -0.05) is 60.7 Å². The van der Waals surface area contributed by atoms with E-state index in [9.17, 15) is 0 Å². The summed E-state index contributed by atoms with van der Waals surface area (Å²) in [7, 11) is 1.68. The number of ether oxygens (including phenoxy) is 1. The number of rotatable bonds is 5.